The van der Waals surface area contributed by atoms with Gasteiger partial charge in [0, 0.05) is 11.3 Å². The monoisotopic (exact) mass is 363 g/mol. The van der Waals surface area contributed by atoms with Crippen LogP contribution in [0.1, 0.15) is 17.0 Å². The van der Waals surface area contributed by atoms with Crippen molar-refractivity contribution in [2.24, 2.45) is 0 Å². The second-order valence-electron chi connectivity index (χ2n) is 6.09. The zero-order valence-corrected chi connectivity index (χ0v) is 15.2. The fourth-order valence-corrected chi connectivity index (χ4v) is 3.58. The highest BCUT2D eigenvalue weighted by Crippen LogP contribution is 2.29. The molecule has 130 valence electrons. The van der Waals surface area contributed by atoms with E-state index in [-0.39, 0.29) is 5.91 Å². The largest absolute Gasteiger partial charge is 0.326 e. The van der Waals surface area contributed by atoms with Crippen LogP contribution in [0, 0.1) is 13.8 Å². The molecule has 1 N–H and O–H groups in total. The summed E-state index contributed by atoms with van der Waals surface area (Å²) in [6.07, 6.45) is 0.348. The first-order chi connectivity index (χ1) is 12.6. The first kappa shape index (κ1) is 16.4. The maximum Gasteiger partial charge on any atom is 0.234 e. The Hall–Kier alpha value is -3.06. The molecule has 0 aliphatic rings. The molecular formula is C19H17N5OS. The molecule has 0 radical (unpaired) electrons. The maximum absolute atomic E-state index is 12.4. The molecule has 0 saturated heterocycles. The summed E-state index contributed by atoms with van der Waals surface area (Å²) in [6, 6.07) is 15.7. The molecule has 2 aromatic heterocycles. The summed E-state index contributed by atoms with van der Waals surface area (Å²) in [6.45, 7) is 3.85. The van der Waals surface area contributed by atoms with Gasteiger partial charge < -0.3 is 5.32 Å². The Kier molecular flexibility index (Phi) is 4.22. The second-order valence-corrected chi connectivity index (χ2v) is 7.05. The number of aryl methyl sites for hydroxylation is 2. The van der Waals surface area contributed by atoms with E-state index in [1.165, 1.54) is 11.3 Å². The lowest BCUT2D eigenvalue weighted by Gasteiger charge is -2.10. The van der Waals surface area contributed by atoms with Crippen LogP contribution in [0.4, 0.5) is 5.69 Å². The van der Waals surface area contributed by atoms with Crippen LogP contribution in [0.5, 0.6) is 0 Å². The highest BCUT2D eigenvalue weighted by atomic mass is 32.1. The van der Waals surface area contributed by atoms with E-state index in [0.29, 0.717) is 6.42 Å². The average Bonchev–Trinajstić information content (AvgIpc) is 3.20. The number of nitrogens with one attached hydrogen (secondary N) is 1. The zero-order valence-electron chi connectivity index (χ0n) is 14.4. The lowest BCUT2D eigenvalue weighted by atomic mass is 10.1. The fourth-order valence-electron chi connectivity index (χ4n) is 2.70. The van der Waals surface area contributed by atoms with Gasteiger partial charge in [0.15, 0.2) is 5.82 Å². The molecule has 7 heteroatoms. The van der Waals surface area contributed by atoms with Crippen molar-refractivity contribution in [1.82, 2.24) is 19.8 Å². The lowest BCUT2D eigenvalue weighted by molar-refractivity contribution is -0.115. The van der Waals surface area contributed by atoms with Crippen molar-refractivity contribution in [3.05, 3.63) is 65.5 Å². The Morgan fingerprint density at radius 2 is 1.92 bits per heavy atom. The van der Waals surface area contributed by atoms with Gasteiger partial charge in [0.05, 0.1) is 6.42 Å². The predicted octanol–water partition coefficient (Wildman–Crippen LogP) is 3.65. The molecule has 0 fully saturated rings. The van der Waals surface area contributed by atoms with Gasteiger partial charge in [0.1, 0.15) is 5.01 Å². The molecule has 0 spiro atoms. The molecule has 4 rings (SSSR count). The molecule has 6 nitrogen and oxygen atoms in total. The maximum atomic E-state index is 12.4. The van der Waals surface area contributed by atoms with Crippen LogP contribution in [0.2, 0.25) is 0 Å². The van der Waals surface area contributed by atoms with E-state index in [2.05, 4.69) is 20.6 Å². The van der Waals surface area contributed by atoms with Crippen LogP contribution in [0.3, 0.4) is 0 Å². The Balaban J connectivity index is 1.58. The van der Waals surface area contributed by atoms with Gasteiger partial charge >= 0.3 is 0 Å². The Labute approximate surface area is 154 Å². The highest BCUT2D eigenvalue weighted by molar-refractivity contribution is 7.19. The molecule has 0 unspecified atom stereocenters. The molecule has 2 heterocycles. The molecule has 0 bridgehead atoms. The number of anilines is 1. The van der Waals surface area contributed by atoms with Crippen LogP contribution in [0.25, 0.3) is 15.5 Å². The molecule has 4 aromatic rings. The van der Waals surface area contributed by atoms with Gasteiger partial charge in [-0.25, -0.2) is 0 Å². The molecule has 2 aromatic carbocycles. The number of carbonyl (C=O) groups is 1. The highest BCUT2D eigenvalue weighted by Gasteiger charge is 2.13. The van der Waals surface area contributed by atoms with Crippen molar-refractivity contribution in [2.75, 3.05) is 5.32 Å². The van der Waals surface area contributed by atoms with Gasteiger partial charge in [-0.15, -0.1) is 10.2 Å². The number of benzene rings is 2. The van der Waals surface area contributed by atoms with E-state index in [9.17, 15) is 4.79 Å². The van der Waals surface area contributed by atoms with Gasteiger partial charge in [-0.05, 0) is 31.0 Å². The summed E-state index contributed by atoms with van der Waals surface area (Å²) >= 11 is 1.47. The predicted molar refractivity (Wildman–Crippen MR) is 102 cm³/mol. The number of carbonyl (C=O) groups excluding carboxylic acids is 1. The van der Waals surface area contributed by atoms with E-state index in [4.69, 9.17) is 0 Å². The van der Waals surface area contributed by atoms with E-state index < -0.39 is 0 Å². The van der Waals surface area contributed by atoms with Gasteiger partial charge in [0.25, 0.3) is 0 Å². The number of aromatic nitrogens is 4. The SMILES string of the molecule is Cc1ccc(-c2nn3c(C)nnc3s2)cc1NC(=O)Cc1ccccc1. The molecule has 26 heavy (non-hydrogen) atoms. The van der Waals surface area contributed by atoms with Crippen molar-refractivity contribution in [3.8, 4) is 10.6 Å². The first-order valence-electron chi connectivity index (χ1n) is 8.24. The standard InChI is InChI=1S/C19H17N5OS/c1-12-8-9-15(18-23-24-13(2)21-22-19(24)26-18)11-16(12)20-17(25)10-14-6-4-3-5-7-14/h3-9,11H,10H2,1-2H3,(H,20,25). The molecule has 0 aliphatic carbocycles. The summed E-state index contributed by atoms with van der Waals surface area (Å²) in [7, 11) is 0. The zero-order chi connectivity index (χ0) is 18.1. The number of amides is 1. The minimum absolute atomic E-state index is 0.0366. The third-order valence-corrected chi connectivity index (χ3v) is 5.06. The van der Waals surface area contributed by atoms with Crippen LogP contribution in [-0.4, -0.2) is 25.7 Å². The number of nitrogens with zero attached hydrogens (tertiary/aromatic N) is 4. The van der Waals surface area contributed by atoms with Crippen molar-refractivity contribution in [1.29, 1.82) is 0 Å². The number of rotatable bonds is 4. The molecule has 0 aliphatic heterocycles. The van der Waals surface area contributed by atoms with E-state index >= 15 is 0 Å². The van der Waals surface area contributed by atoms with E-state index in [1.54, 1.807) is 4.52 Å². The summed E-state index contributed by atoms with van der Waals surface area (Å²) in [4.78, 5) is 13.1. The van der Waals surface area contributed by atoms with Crippen LogP contribution in [0.15, 0.2) is 48.5 Å². The van der Waals surface area contributed by atoms with Crippen molar-refractivity contribution in [2.45, 2.75) is 20.3 Å². The fraction of sp³-hybridized carbons (Fsp3) is 0.158. The quantitative estimate of drug-likeness (QED) is 0.601. The third-order valence-electron chi connectivity index (χ3n) is 4.11. The van der Waals surface area contributed by atoms with Gasteiger partial charge in [-0.3, -0.25) is 4.79 Å². The minimum Gasteiger partial charge on any atom is -0.326 e. The second kappa shape index (κ2) is 6.68. The average molecular weight is 363 g/mol. The van der Waals surface area contributed by atoms with Gasteiger partial charge in [-0.1, -0.05) is 53.8 Å². The van der Waals surface area contributed by atoms with Crippen molar-refractivity contribution >= 4 is 27.9 Å². The normalized spacial score (nSPS) is 11.0. The minimum atomic E-state index is -0.0366. The first-order valence-corrected chi connectivity index (χ1v) is 9.05. The van der Waals surface area contributed by atoms with Crippen LogP contribution >= 0.6 is 11.3 Å². The van der Waals surface area contributed by atoms with Crippen LogP contribution in [-0.2, 0) is 11.2 Å². The smallest absolute Gasteiger partial charge is 0.234 e. The van der Waals surface area contributed by atoms with E-state index in [0.717, 1.165) is 38.2 Å². The van der Waals surface area contributed by atoms with E-state index in [1.807, 2.05) is 62.4 Å². The Bertz CT molecular complexity index is 1080. The topological polar surface area (TPSA) is 72.2 Å². The summed E-state index contributed by atoms with van der Waals surface area (Å²) in [5.41, 5.74) is 3.74. The Morgan fingerprint density at radius 3 is 2.69 bits per heavy atom. The van der Waals surface area contributed by atoms with Gasteiger partial charge in [0.2, 0.25) is 10.9 Å². The van der Waals surface area contributed by atoms with Crippen molar-refractivity contribution < 1.29 is 4.79 Å². The van der Waals surface area contributed by atoms with Crippen molar-refractivity contribution in [3.63, 3.8) is 0 Å². The summed E-state index contributed by atoms with van der Waals surface area (Å²) in [5, 5.41) is 16.5. The lowest BCUT2D eigenvalue weighted by Crippen LogP contribution is -2.15. The Morgan fingerprint density at radius 1 is 1.12 bits per heavy atom. The van der Waals surface area contributed by atoms with Gasteiger partial charge in [-0.2, -0.15) is 9.61 Å². The molecule has 0 atom stereocenters. The third kappa shape index (κ3) is 3.21. The number of hydrogen-bond acceptors (Lipinski definition) is 5. The molecule has 0 saturated carbocycles. The molecule has 1 amide bonds. The number of hydrogen-bond donors (Lipinski definition) is 1. The molecular weight excluding hydrogens is 346 g/mol. The van der Waals surface area contributed by atoms with Crippen LogP contribution < -0.4 is 5.32 Å². The number of fused-ring (bicyclic) bond motifs is 1. The summed E-state index contributed by atoms with van der Waals surface area (Å²) in [5.74, 6) is 0.719. The summed E-state index contributed by atoms with van der Waals surface area (Å²) < 4.78 is 1.73.